The summed E-state index contributed by atoms with van der Waals surface area (Å²) in [4.78, 5) is 15.1. The van der Waals surface area contributed by atoms with Crippen LogP contribution in [-0.2, 0) is 4.79 Å². The molecule has 0 aromatic heterocycles. The summed E-state index contributed by atoms with van der Waals surface area (Å²) < 4.78 is 0. The number of rotatable bonds is 4. The molecule has 6 heteroatoms. The van der Waals surface area contributed by atoms with Crippen molar-refractivity contribution in [1.82, 2.24) is 5.32 Å². The minimum absolute atomic E-state index is 0.326. The van der Waals surface area contributed by atoms with E-state index in [9.17, 15) is 4.79 Å². The van der Waals surface area contributed by atoms with Crippen LogP contribution < -0.4 is 10.6 Å². The summed E-state index contributed by atoms with van der Waals surface area (Å²) in [5, 5.41) is 6.97. The van der Waals surface area contributed by atoms with Gasteiger partial charge in [0.1, 0.15) is 0 Å². The van der Waals surface area contributed by atoms with E-state index < -0.39 is 5.66 Å². The summed E-state index contributed by atoms with van der Waals surface area (Å²) >= 11 is 11.9. The van der Waals surface area contributed by atoms with Gasteiger partial charge in [-0.1, -0.05) is 29.3 Å². The number of anilines is 1. The van der Waals surface area contributed by atoms with Gasteiger partial charge in [0.15, 0.2) is 11.9 Å². The van der Waals surface area contributed by atoms with Crippen LogP contribution >= 0.6 is 23.2 Å². The Bertz CT molecular complexity index is 464. The minimum atomic E-state index is -0.897. The number of nitrogens with zero attached hydrogens (tertiary/aromatic N) is 1. The highest BCUT2D eigenvalue weighted by Crippen LogP contribution is 2.29. The standard InChI is InChI=1S/C11H11Cl2N3O/c12-8-2-1-3-9(10(8)13)14-6-11(7-17)15-4-5-16-11/h1-4,7,14,16H,5-6H2. The molecule has 0 saturated heterocycles. The third-order valence-electron chi connectivity index (χ3n) is 2.52. The van der Waals surface area contributed by atoms with Gasteiger partial charge in [-0.05, 0) is 12.1 Å². The number of aldehydes is 1. The maximum atomic E-state index is 11.0. The Kier molecular flexibility index (Phi) is 3.66. The van der Waals surface area contributed by atoms with Crippen molar-refractivity contribution < 1.29 is 4.79 Å². The molecule has 0 saturated carbocycles. The first kappa shape index (κ1) is 12.4. The van der Waals surface area contributed by atoms with Crippen molar-refractivity contribution in [2.45, 2.75) is 5.66 Å². The molecule has 1 aromatic rings. The van der Waals surface area contributed by atoms with Crippen LogP contribution in [0.4, 0.5) is 5.69 Å². The molecule has 0 radical (unpaired) electrons. The predicted molar refractivity (Wildman–Crippen MR) is 70.2 cm³/mol. The van der Waals surface area contributed by atoms with Gasteiger partial charge < -0.3 is 5.32 Å². The molecule has 1 aliphatic rings. The molecule has 90 valence electrons. The van der Waals surface area contributed by atoms with Crippen molar-refractivity contribution in [3.8, 4) is 0 Å². The highest BCUT2D eigenvalue weighted by molar-refractivity contribution is 6.43. The van der Waals surface area contributed by atoms with Gasteiger partial charge in [-0.3, -0.25) is 15.1 Å². The lowest BCUT2D eigenvalue weighted by Gasteiger charge is -2.21. The maximum absolute atomic E-state index is 11.0. The summed E-state index contributed by atoms with van der Waals surface area (Å²) in [5.74, 6) is 0. The second-order valence-electron chi connectivity index (χ2n) is 3.69. The van der Waals surface area contributed by atoms with Gasteiger partial charge in [-0.25, -0.2) is 0 Å². The first-order valence-electron chi connectivity index (χ1n) is 5.10. The van der Waals surface area contributed by atoms with Crippen LogP contribution in [0.1, 0.15) is 0 Å². The number of benzene rings is 1. The van der Waals surface area contributed by atoms with Crippen LogP contribution in [0.5, 0.6) is 0 Å². The van der Waals surface area contributed by atoms with E-state index in [2.05, 4.69) is 15.6 Å². The zero-order valence-electron chi connectivity index (χ0n) is 8.91. The molecule has 1 heterocycles. The predicted octanol–water partition coefficient (Wildman–Crippen LogP) is 1.97. The highest BCUT2D eigenvalue weighted by Gasteiger charge is 2.30. The average Bonchev–Trinajstić information content (AvgIpc) is 2.81. The Morgan fingerprint density at radius 3 is 3.00 bits per heavy atom. The van der Waals surface area contributed by atoms with Gasteiger partial charge in [0.25, 0.3) is 0 Å². The summed E-state index contributed by atoms with van der Waals surface area (Å²) in [6.07, 6.45) is 2.46. The smallest absolute Gasteiger partial charge is 0.183 e. The van der Waals surface area contributed by atoms with E-state index in [4.69, 9.17) is 23.2 Å². The number of carbonyl (C=O) groups excluding carboxylic acids is 1. The molecule has 0 fully saturated rings. The number of hydrogen-bond donors (Lipinski definition) is 2. The fourth-order valence-corrected chi connectivity index (χ4v) is 1.94. The first-order valence-corrected chi connectivity index (χ1v) is 5.85. The molecule has 1 unspecified atom stereocenters. The topological polar surface area (TPSA) is 53.5 Å². The summed E-state index contributed by atoms with van der Waals surface area (Å²) in [6.45, 7) is 0.913. The summed E-state index contributed by atoms with van der Waals surface area (Å²) in [7, 11) is 0. The molecular weight excluding hydrogens is 261 g/mol. The van der Waals surface area contributed by atoms with Crippen molar-refractivity contribution in [3.63, 3.8) is 0 Å². The fraction of sp³-hybridized carbons (Fsp3) is 0.273. The molecule has 0 bridgehead atoms. The number of carbonyl (C=O) groups is 1. The molecule has 1 atom stereocenters. The van der Waals surface area contributed by atoms with Crippen LogP contribution in [0.15, 0.2) is 23.2 Å². The molecule has 4 nitrogen and oxygen atoms in total. The molecule has 0 aliphatic carbocycles. The van der Waals surface area contributed by atoms with Crippen LogP contribution in [0.25, 0.3) is 0 Å². The van der Waals surface area contributed by atoms with E-state index >= 15 is 0 Å². The zero-order chi connectivity index (χ0) is 12.3. The van der Waals surface area contributed by atoms with E-state index in [1.165, 1.54) is 0 Å². The van der Waals surface area contributed by atoms with E-state index in [-0.39, 0.29) is 0 Å². The van der Waals surface area contributed by atoms with E-state index in [0.717, 1.165) is 6.29 Å². The molecule has 1 aliphatic heterocycles. The Labute approximate surface area is 109 Å². The molecule has 0 amide bonds. The van der Waals surface area contributed by atoms with Crippen LogP contribution in [0, 0.1) is 0 Å². The van der Waals surface area contributed by atoms with Crippen molar-refractivity contribution in [3.05, 3.63) is 28.2 Å². The quantitative estimate of drug-likeness (QED) is 0.824. The van der Waals surface area contributed by atoms with Gasteiger partial charge in [-0.2, -0.15) is 0 Å². The number of nitrogens with one attached hydrogen (secondary N) is 2. The molecule has 17 heavy (non-hydrogen) atoms. The SMILES string of the molecule is O=CC1(CNc2cccc(Cl)c2Cl)N=CCN1. The monoisotopic (exact) mass is 271 g/mol. The summed E-state index contributed by atoms with van der Waals surface area (Å²) in [5.41, 5.74) is -0.213. The van der Waals surface area contributed by atoms with Crippen LogP contribution in [0.3, 0.4) is 0 Å². The van der Waals surface area contributed by atoms with Crippen molar-refractivity contribution >= 4 is 41.4 Å². The summed E-state index contributed by atoms with van der Waals surface area (Å²) in [6, 6.07) is 5.29. The van der Waals surface area contributed by atoms with Crippen LogP contribution in [0.2, 0.25) is 10.0 Å². The first-order chi connectivity index (χ1) is 8.17. The number of halogens is 2. The zero-order valence-corrected chi connectivity index (χ0v) is 10.4. The Hall–Kier alpha value is -1.10. The Morgan fingerprint density at radius 2 is 2.35 bits per heavy atom. The Morgan fingerprint density at radius 1 is 1.53 bits per heavy atom. The van der Waals surface area contributed by atoms with Gasteiger partial charge in [0.05, 0.1) is 22.3 Å². The molecule has 2 N–H and O–H groups in total. The van der Waals surface area contributed by atoms with Gasteiger partial charge >= 0.3 is 0 Å². The van der Waals surface area contributed by atoms with E-state index in [1.807, 2.05) is 0 Å². The highest BCUT2D eigenvalue weighted by atomic mass is 35.5. The lowest BCUT2D eigenvalue weighted by atomic mass is 10.2. The van der Waals surface area contributed by atoms with Gasteiger partial charge in [0, 0.05) is 12.8 Å². The van der Waals surface area contributed by atoms with Crippen molar-refractivity contribution in [1.29, 1.82) is 0 Å². The normalized spacial score (nSPS) is 22.7. The van der Waals surface area contributed by atoms with Crippen LogP contribution in [-0.4, -0.2) is 31.3 Å². The second kappa shape index (κ2) is 5.04. The minimum Gasteiger partial charge on any atom is -0.380 e. The van der Waals surface area contributed by atoms with Gasteiger partial charge in [-0.15, -0.1) is 0 Å². The maximum Gasteiger partial charge on any atom is 0.183 e. The largest absolute Gasteiger partial charge is 0.380 e. The lowest BCUT2D eigenvalue weighted by molar-refractivity contribution is -0.112. The average molecular weight is 272 g/mol. The Balaban J connectivity index is 2.09. The third-order valence-corrected chi connectivity index (χ3v) is 3.33. The molecule has 0 spiro atoms. The van der Waals surface area contributed by atoms with Crippen molar-refractivity contribution in [2.24, 2.45) is 4.99 Å². The van der Waals surface area contributed by atoms with E-state index in [1.54, 1.807) is 24.4 Å². The van der Waals surface area contributed by atoms with Crippen molar-refractivity contribution in [2.75, 3.05) is 18.4 Å². The fourth-order valence-electron chi connectivity index (χ4n) is 1.57. The third kappa shape index (κ3) is 2.60. The lowest BCUT2D eigenvalue weighted by Crippen LogP contribution is -2.47. The number of hydrogen-bond acceptors (Lipinski definition) is 4. The van der Waals surface area contributed by atoms with E-state index in [0.29, 0.717) is 28.8 Å². The molecular formula is C11H11Cl2N3O. The number of aliphatic imine (C=N–C) groups is 1. The molecule has 2 rings (SSSR count). The molecule has 1 aromatic carbocycles. The van der Waals surface area contributed by atoms with Gasteiger partial charge in [0.2, 0.25) is 0 Å². The second-order valence-corrected chi connectivity index (χ2v) is 4.47.